The van der Waals surface area contributed by atoms with Crippen LogP contribution in [0, 0.1) is 0 Å². The fourth-order valence-electron chi connectivity index (χ4n) is 11.1. The minimum absolute atomic E-state index is 0.118. The van der Waals surface area contributed by atoms with E-state index in [4.69, 9.17) is 40.4 Å². The smallest absolute Gasteiger partial charge is 0.474 e. The molecule has 24 heteroatoms. The predicted octanol–water partition coefficient (Wildman–Crippen LogP) is 10.4. The van der Waals surface area contributed by atoms with Gasteiger partial charge in [0.2, 0.25) is 11.8 Å². The molecule has 3 fully saturated rings. The molecule has 13 rings (SSSR count). The van der Waals surface area contributed by atoms with Gasteiger partial charge in [-0.3, -0.25) is 9.36 Å². The number of halogens is 1. The molecule has 0 amide bonds. The van der Waals surface area contributed by atoms with Crippen LogP contribution in [0.15, 0.2) is 98.6 Å². The van der Waals surface area contributed by atoms with Gasteiger partial charge in [-0.25, -0.2) is 39.9 Å². The minimum atomic E-state index is -0.302. The maximum Gasteiger partial charge on any atom is 0.498 e. The van der Waals surface area contributed by atoms with Crippen LogP contribution in [0.5, 0.6) is 11.8 Å². The number of aromatic nitrogens is 14. The van der Waals surface area contributed by atoms with Gasteiger partial charge in [-0.1, -0.05) is 41.9 Å². The summed E-state index contributed by atoms with van der Waals surface area (Å²) >= 11 is 6.59. The molecule has 2 aromatic carbocycles. The number of aryl methyl sites for hydroxylation is 2. The summed E-state index contributed by atoms with van der Waals surface area (Å²) in [5.41, 5.74) is 7.02. The van der Waals surface area contributed by atoms with Crippen LogP contribution in [0.4, 0.5) is 11.6 Å². The van der Waals surface area contributed by atoms with Crippen LogP contribution in [0.3, 0.4) is 0 Å². The van der Waals surface area contributed by atoms with Gasteiger partial charge in [0, 0.05) is 82.0 Å². The molecule has 0 radical (unpaired) electrons. The zero-order valence-corrected chi connectivity index (χ0v) is 52.0. The number of H-pyrrole nitrogens is 2. The summed E-state index contributed by atoms with van der Waals surface area (Å²) < 4.78 is 28.6. The summed E-state index contributed by atoms with van der Waals surface area (Å²) in [6.45, 7) is 25.4. The average Bonchev–Trinajstić information content (AvgIpc) is 1.47. The van der Waals surface area contributed by atoms with E-state index in [9.17, 15) is 0 Å². The molecular weight excluding hydrogens is 1110 g/mol. The minimum Gasteiger partial charge on any atom is -0.474 e. The molecule has 2 atom stereocenters. The first kappa shape index (κ1) is 59.9. The number of piperidine rings is 2. The van der Waals surface area contributed by atoms with Crippen molar-refractivity contribution in [2.75, 3.05) is 36.8 Å². The Morgan fingerprint density at radius 2 is 1.09 bits per heavy atom. The van der Waals surface area contributed by atoms with Gasteiger partial charge in [0.25, 0.3) is 0 Å². The van der Waals surface area contributed by atoms with Crippen molar-refractivity contribution in [3.63, 3.8) is 0 Å². The van der Waals surface area contributed by atoms with Gasteiger partial charge in [-0.2, -0.15) is 10.2 Å². The van der Waals surface area contributed by atoms with Crippen LogP contribution in [-0.2, 0) is 23.4 Å². The van der Waals surface area contributed by atoms with Crippen LogP contribution in [0.2, 0.25) is 5.02 Å². The Bertz CT molecular complexity index is 3920. The van der Waals surface area contributed by atoms with Gasteiger partial charge < -0.3 is 49.2 Å². The first-order valence-corrected chi connectivity index (χ1v) is 30.1. The van der Waals surface area contributed by atoms with E-state index < -0.39 is 0 Å². The number of fused-ring (bicyclic) bond motifs is 4. The van der Waals surface area contributed by atoms with Crippen LogP contribution in [-0.4, -0.2) is 148 Å². The molecule has 0 aliphatic carbocycles. The maximum absolute atomic E-state index is 6.73. The maximum atomic E-state index is 6.73. The van der Waals surface area contributed by atoms with Gasteiger partial charge in [-0.05, 0) is 129 Å². The standard InChI is InChI=1S/C28H33N9O.C24H28ClN7O.C10H17BN2O2/c1-17(2)37-10-8-21(9-11-37)38-28-24-19(6-5-7-22(24)20-13-33-36(4)14-20)12-23(35-28)18(3)34-27-25-26(30-15-29-25)31-16-32-27;1-14(2)32-9-7-17(8-10-32)33-24-20-16(5-4-6-18(20)25)11-19(31-24)15(3)30-23-21-22(27-12-26-21)28-13-29-23;1-9(2)10(3,4)15-11(14-9)8-6-12-13(5)7-8/h5-7,12-18,21H,8-11H2,1-4H3,(H2,29,30,31,32,34);4-6,11-15,17H,7-10H2,1-3H3,(H2,26,27,28,29,30);6-7H,1-5H3/t18-;15-;/m00./s1. The van der Waals surface area contributed by atoms with E-state index in [1.54, 1.807) is 23.5 Å². The third-order valence-corrected chi connectivity index (χ3v) is 17.2. The monoisotopic (exact) mass is 1180 g/mol. The first-order valence-electron chi connectivity index (χ1n) is 29.8. The van der Waals surface area contributed by atoms with E-state index >= 15 is 0 Å². The van der Waals surface area contributed by atoms with E-state index in [1.807, 2.05) is 90.2 Å². The number of benzene rings is 2. The van der Waals surface area contributed by atoms with Gasteiger partial charge in [-0.15, -0.1) is 0 Å². The second kappa shape index (κ2) is 25.2. The molecule has 86 heavy (non-hydrogen) atoms. The Morgan fingerprint density at radius 1 is 0.616 bits per heavy atom. The van der Waals surface area contributed by atoms with Gasteiger partial charge in [0.05, 0.1) is 69.3 Å². The molecule has 0 unspecified atom stereocenters. The third kappa shape index (κ3) is 13.1. The van der Waals surface area contributed by atoms with E-state index in [1.165, 1.54) is 12.7 Å². The van der Waals surface area contributed by atoms with Crippen LogP contribution < -0.4 is 25.6 Å². The predicted molar refractivity (Wildman–Crippen MR) is 338 cm³/mol. The van der Waals surface area contributed by atoms with Crippen molar-refractivity contribution >= 4 is 79.7 Å². The number of hydrogen-bond acceptors (Lipinski definition) is 18. The summed E-state index contributed by atoms with van der Waals surface area (Å²) in [7, 11) is 3.51. The Morgan fingerprint density at radius 3 is 1.57 bits per heavy atom. The molecule has 11 heterocycles. The number of nitrogens with zero attached hydrogens (tertiary/aromatic N) is 14. The van der Waals surface area contributed by atoms with Crippen LogP contribution in [0.25, 0.3) is 55.0 Å². The van der Waals surface area contributed by atoms with Gasteiger partial charge in [0.15, 0.2) is 22.9 Å². The Hall–Kier alpha value is -7.83. The van der Waals surface area contributed by atoms with Crippen molar-refractivity contribution in [2.45, 2.75) is 142 Å². The zero-order chi connectivity index (χ0) is 60.4. The van der Waals surface area contributed by atoms with Crippen molar-refractivity contribution in [3.8, 4) is 22.9 Å². The van der Waals surface area contributed by atoms with Gasteiger partial charge in [0.1, 0.15) is 35.9 Å². The van der Waals surface area contributed by atoms with E-state index in [-0.39, 0.29) is 42.6 Å². The van der Waals surface area contributed by atoms with E-state index in [0.29, 0.717) is 51.8 Å². The Kier molecular flexibility index (Phi) is 17.6. The van der Waals surface area contributed by atoms with Gasteiger partial charge >= 0.3 is 7.12 Å². The number of pyridine rings is 2. The molecule has 3 aliphatic heterocycles. The highest BCUT2D eigenvalue weighted by Crippen LogP contribution is 2.40. The summed E-state index contributed by atoms with van der Waals surface area (Å²) in [5.74, 6) is 2.64. The summed E-state index contributed by atoms with van der Waals surface area (Å²) in [4.78, 5) is 46.9. The molecule has 22 nitrogen and oxygen atoms in total. The Balaban J connectivity index is 0.000000146. The van der Waals surface area contributed by atoms with Crippen molar-refractivity contribution in [1.82, 2.24) is 79.2 Å². The first-order chi connectivity index (χ1) is 41.3. The second-order valence-electron chi connectivity index (χ2n) is 24.2. The molecule has 8 aromatic heterocycles. The quantitative estimate of drug-likeness (QED) is 0.0741. The molecule has 4 N–H and O–H groups in total. The number of nitrogens with one attached hydrogen (secondary N) is 4. The largest absolute Gasteiger partial charge is 0.498 e. The van der Waals surface area contributed by atoms with Crippen molar-refractivity contribution < 1.29 is 18.8 Å². The summed E-state index contributed by atoms with van der Waals surface area (Å²) in [6, 6.07) is 17.2. The molecular formula is C62H78BClN18O4. The van der Waals surface area contributed by atoms with Crippen molar-refractivity contribution in [1.29, 1.82) is 0 Å². The fourth-order valence-corrected chi connectivity index (χ4v) is 11.4. The highest BCUT2D eigenvalue weighted by Gasteiger charge is 2.52. The SMILES string of the molecule is CC(C)N1CCC(Oc2nc([C@H](C)Nc3ncnc4nc[nH]c34)cc3cccc(-c4cnn(C)c4)c23)CC1.CC(C)N1CCC(Oc2nc([C@H](C)Nc3ncnc4nc[nH]c34)cc3cccc(Cl)c23)CC1.Cn1cc(B2OC(C)(C)C(C)(C)O2)cn1. The highest BCUT2D eigenvalue weighted by molar-refractivity contribution is 6.62. The highest BCUT2D eigenvalue weighted by atomic mass is 35.5. The summed E-state index contributed by atoms with van der Waals surface area (Å²) in [6.07, 6.45) is 18.0. The lowest BCUT2D eigenvalue weighted by Crippen LogP contribution is -2.41. The molecule has 0 saturated carbocycles. The normalized spacial score (nSPS) is 17.5. The number of aromatic amines is 2. The number of anilines is 2. The topological polar surface area (TPSA) is 238 Å². The molecule has 0 bridgehead atoms. The van der Waals surface area contributed by atoms with E-state index in [0.717, 1.165) is 112 Å². The number of imidazole rings is 2. The van der Waals surface area contributed by atoms with Crippen LogP contribution >= 0.6 is 11.6 Å². The number of ether oxygens (including phenoxy) is 2. The second-order valence-corrected chi connectivity index (χ2v) is 24.6. The molecule has 0 spiro atoms. The molecule has 10 aromatic rings. The average molecular weight is 1190 g/mol. The lowest BCUT2D eigenvalue weighted by atomic mass is 9.82. The molecule has 3 aliphatic rings. The molecule has 3 saturated heterocycles. The lowest BCUT2D eigenvalue weighted by molar-refractivity contribution is 0.00578. The van der Waals surface area contributed by atoms with Crippen LogP contribution in [0.1, 0.15) is 118 Å². The third-order valence-electron chi connectivity index (χ3n) is 16.9. The zero-order valence-electron chi connectivity index (χ0n) is 51.2. The van der Waals surface area contributed by atoms with E-state index in [2.05, 4.69) is 135 Å². The van der Waals surface area contributed by atoms with Crippen molar-refractivity contribution in [3.05, 3.63) is 115 Å². The fraction of sp³-hybridized carbons (Fsp3) is 0.452. The molecule has 450 valence electrons. The number of likely N-dealkylation sites (tertiary alicyclic amines) is 2. The van der Waals surface area contributed by atoms with Crippen molar-refractivity contribution in [2.24, 2.45) is 14.1 Å². The number of rotatable bonds is 14. The Labute approximate surface area is 506 Å². The summed E-state index contributed by atoms with van der Waals surface area (Å²) in [5, 5.41) is 20.0. The number of hydrogen-bond donors (Lipinski definition) is 4. The lowest BCUT2D eigenvalue weighted by Gasteiger charge is -2.34.